The molecule has 1 N–H and O–H groups in total. The highest BCUT2D eigenvalue weighted by molar-refractivity contribution is 7.92. The van der Waals surface area contributed by atoms with E-state index in [1.165, 1.54) is 4.52 Å². The number of hydrogen-bond acceptors (Lipinski definition) is 6. The number of carbonyl (C=O) groups is 1. The molecule has 0 aliphatic heterocycles. The van der Waals surface area contributed by atoms with E-state index >= 15 is 0 Å². The molecular formula is C16H17N5O3S. The van der Waals surface area contributed by atoms with Crippen LogP contribution in [0, 0.1) is 20.8 Å². The molecule has 8 nitrogen and oxygen atoms in total. The van der Waals surface area contributed by atoms with Gasteiger partial charge in [0.1, 0.15) is 5.75 Å². The summed E-state index contributed by atoms with van der Waals surface area (Å²) in [6, 6.07) is 8.89. The molecule has 0 bridgehead atoms. The number of amides is 1. The van der Waals surface area contributed by atoms with E-state index < -0.39 is 26.7 Å². The van der Waals surface area contributed by atoms with Gasteiger partial charge in [0, 0.05) is 17.1 Å². The molecule has 0 saturated carbocycles. The Labute approximate surface area is 144 Å². The van der Waals surface area contributed by atoms with Gasteiger partial charge in [-0.25, -0.2) is 17.9 Å². The molecule has 2 heterocycles. The Morgan fingerprint density at radius 2 is 1.88 bits per heavy atom. The van der Waals surface area contributed by atoms with Gasteiger partial charge in [-0.1, -0.05) is 18.2 Å². The Kier molecular flexibility index (Phi) is 4.25. The summed E-state index contributed by atoms with van der Waals surface area (Å²) in [6.07, 6.45) is 0. The average Bonchev–Trinajstić information content (AvgIpc) is 2.94. The number of sulfone groups is 1. The van der Waals surface area contributed by atoms with Crippen LogP contribution in [0.4, 0.5) is 5.69 Å². The smallest absolute Gasteiger partial charge is 0.269 e. The van der Waals surface area contributed by atoms with Crippen LogP contribution in [0.2, 0.25) is 0 Å². The van der Waals surface area contributed by atoms with E-state index in [0.717, 1.165) is 5.56 Å². The lowest BCUT2D eigenvalue weighted by atomic mass is 10.2. The first kappa shape index (κ1) is 17.0. The molecule has 0 radical (unpaired) electrons. The molecule has 9 heteroatoms. The van der Waals surface area contributed by atoms with Crippen LogP contribution in [0.15, 0.2) is 35.5 Å². The summed E-state index contributed by atoms with van der Waals surface area (Å²) in [5.41, 5.74) is 2.83. The molecule has 1 amide bonds. The van der Waals surface area contributed by atoms with Crippen molar-refractivity contribution in [2.45, 2.75) is 25.9 Å². The Bertz CT molecular complexity index is 1070. The van der Waals surface area contributed by atoms with E-state index in [-0.39, 0.29) is 5.78 Å². The van der Waals surface area contributed by atoms with Crippen LogP contribution in [0.5, 0.6) is 0 Å². The summed E-state index contributed by atoms with van der Waals surface area (Å²) in [5, 5.41) is 6.16. The van der Waals surface area contributed by atoms with Crippen LogP contribution in [-0.4, -0.2) is 39.7 Å². The van der Waals surface area contributed by atoms with Gasteiger partial charge < -0.3 is 5.32 Å². The van der Waals surface area contributed by atoms with Crippen LogP contribution >= 0.6 is 0 Å². The molecule has 3 aromatic rings. The largest absolute Gasteiger partial charge is 0.325 e. The number of aryl methyl sites for hydroxylation is 3. The Morgan fingerprint density at radius 3 is 2.60 bits per heavy atom. The van der Waals surface area contributed by atoms with Crippen LogP contribution in [0.1, 0.15) is 17.0 Å². The van der Waals surface area contributed by atoms with Crippen LogP contribution in [0.3, 0.4) is 0 Å². The highest BCUT2D eigenvalue weighted by Crippen LogP contribution is 2.14. The fraction of sp³-hybridized carbons (Fsp3) is 0.250. The van der Waals surface area contributed by atoms with Gasteiger partial charge in [0.2, 0.25) is 15.7 Å². The number of benzene rings is 1. The van der Waals surface area contributed by atoms with Crippen molar-refractivity contribution in [2.75, 3.05) is 11.1 Å². The predicted molar refractivity (Wildman–Crippen MR) is 92.1 cm³/mol. The number of nitrogens with zero attached hydrogens (tertiary/aromatic N) is 4. The van der Waals surface area contributed by atoms with Crippen LogP contribution < -0.4 is 5.32 Å². The fourth-order valence-electron chi connectivity index (χ4n) is 2.42. The zero-order chi connectivity index (χ0) is 18.2. The zero-order valence-electron chi connectivity index (χ0n) is 14.0. The first-order chi connectivity index (χ1) is 11.8. The minimum absolute atomic E-state index is 0.190. The molecule has 2 aromatic heterocycles. The maximum absolute atomic E-state index is 12.5. The number of carbonyl (C=O) groups excluding carboxylic acids is 1. The van der Waals surface area contributed by atoms with E-state index in [9.17, 15) is 13.2 Å². The van der Waals surface area contributed by atoms with Crippen molar-refractivity contribution in [3.63, 3.8) is 0 Å². The summed E-state index contributed by atoms with van der Waals surface area (Å²) in [7, 11) is -3.98. The fourth-order valence-corrected chi connectivity index (χ4v) is 3.39. The van der Waals surface area contributed by atoms with E-state index in [1.54, 1.807) is 32.0 Å². The number of aromatic nitrogens is 4. The van der Waals surface area contributed by atoms with E-state index in [1.807, 2.05) is 19.1 Å². The third-order valence-electron chi connectivity index (χ3n) is 3.62. The van der Waals surface area contributed by atoms with Gasteiger partial charge in [0.25, 0.3) is 10.9 Å². The molecule has 25 heavy (non-hydrogen) atoms. The number of para-hydroxylation sites is 1. The topological polar surface area (TPSA) is 106 Å². The second kappa shape index (κ2) is 6.25. The van der Waals surface area contributed by atoms with E-state index in [2.05, 4.69) is 20.4 Å². The lowest BCUT2D eigenvalue weighted by Gasteiger charge is -2.07. The highest BCUT2D eigenvalue weighted by Gasteiger charge is 2.25. The summed E-state index contributed by atoms with van der Waals surface area (Å²) >= 11 is 0. The number of anilines is 1. The second-order valence-corrected chi connectivity index (χ2v) is 7.65. The van der Waals surface area contributed by atoms with Crippen molar-refractivity contribution in [1.29, 1.82) is 0 Å². The molecule has 0 spiro atoms. The number of hydrogen-bond donors (Lipinski definition) is 1. The Balaban J connectivity index is 1.85. The van der Waals surface area contributed by atoms with Gasteiger partial charge in [0.05, 0.1) is 0 Å². The van der Waals surface area contributed by atoms with Gasteiger partial charge in [0.15, 0.2) is 0 Å². The highest BCUT2D eigenvalue weighted by atomic mass is 32.2. The van der Waals surface area contributed by atoms with Crippen LogP contribution in [0.25, 0.3) is 5.78 Å². The first-order valence-corrected chi connectivity index (χ1v) is 9.21. The minimum Gasteiger partial charge on any atom is -0.325 e. The van der Waals surface area contributed by atoms with Gasteiger partial charge in [-0.3, -0.25) is 4.79 Å². The normalized spacial score (nSPS) is 11.6. The average molecular weight is 359 g/mol. The molecule has 0 saturated heterocycles. The van der Waals surface area contributed by atoms with E-state index in [4.69, 9.17) is 0 Å². The monoisotopic (exact) mass is 359 g/mol. The summed E-state index contributed by atoms with van der Waals surface area (Å²) < 4.78 is 26.3. The molecule has 0 aliphatic rings. The lowest BCUT2D eigenvalue weighted by molar-refractivity contribution is -0.113. The number of fused-ring (bicyclic) bond motifs is 1. The molecule has 0 atom stereocenters. The van der Waals surface area contributed by atoms with Crippen molar-refractivity contribution in [1.82, 2.24) is 19.6 Å². The quantitative estimate of drug-likeness (QED) is 0.756. The predicted octanol–water partition coefficient (Wildman–Crippen LogP) is 1.46. The SMILES string of the molecule is Cc1cc(C)n2nc(S(=O)(=O)CC(=O)Nc3ccccc3C)nc2n1. The van der Waals surface area contributed by atoms with Crippen LogP contribution in [-0.2, 0) is 14.6 Å². The van der Waals surface area contributed by atoms with Crippen molar-refractivity contribution in [3.05, 3.63) is 47.3 Å². The molecule has 0 aliphatic carbocycles. The molecule has 0 unspecified atom stereocenters. The maximum Gasteiger partial charge on any atom is 0.269 e. The third kappa shape index (κ3) is 3.50. The maximum atomic E-state index is 12.5. The number of nitrogens with one attached hydrogen (secondary N) is 1. The first-order valence-electron chi connectivity index (χ1n) is 7.55. The van der Waals surface area contributed by atoms with Gasteiger partial charge in [-0.2, -0.15) is 4.98 Å². The lowest BCUT2D eigenvalue weighted by Crippen LogP contribution is -2.24. The third-order valence-corrected chi connectivity index (χ3v) is 4.99. The van der Waals surface area contributed by atoms with Gasteiger partial charge in [-0.05, 0) is 38.5 Å². The second-order valence-electron chi connectivity index (χ2n) is 5.77. The Hall–Kier alpha value is -2.81. The van der Waals surface area contributed by atoms with E-state index in [0.29, 0.717) is 17.1 Å². The molecular weight excluding hydrogens is 342 g/mol. The van der Waals surface area contributed by atoms with Gasteiger partial charge >= 0.3 is 0 Å². The standard InChI is InChI=1S/C16H17N5O3S/c1-10-6-4-5-7-13(10)18-14(22)9-25(23,24)16-19-15-17-11(2)8-12(3)21(15)20-16/h4-8H,9H2,1-3H3,(H,18,22). The molecule has 0 fully saturated rings. The number of rotatable bonds is 4. The molecule has 130 valence electrons. The Morgan fingerprint density at radius 1 is 1.16 bits per heavy atom. The van der Waals surface area contributed by atoms with Crippen molar-refractivity contribution in [3.8, 4) is 0 Å². The van der Waals surface area contributed by atoms with Crippen molar-refractivity contribution >= 4 is 27.2 Å². The minimum atomic E-state index is -3.98. The van der Waals surface area contributed by atoms with Gasteiger partial charge in [-0.15, -0.1) is 5.10 Å². The zero-order valence-corrected chi connectivity index (χ0v) is 14.8. The van der Waals surface area contributed by atoms with Crippen molar-refractivity contribution in [2.24, 2.45) is 0 Å². The molecule has 3 rings (SSSR count). The summed E-state index contributed by atoms with van der Waals surface area (Å²) in [4.78, 5) is 20.2. The summed E-state index contributed by atoms with van der Waals surface area (Å²) in [5.74, 6) is -1.19. The molecule has 1 aromatic carbocycles. The summed E-state index contributed by atoms with van der Waals surface area (Å²) in [6.45, 7) is 5.38. The van der Waals surface area contributed by atoms with Crippen molar-refractivity contribution < 1.29 is 13.2 Å².